The summed E-state index contributed by atoms with van der Waals surface area (Å²) in [5.41, 5.74) is 4.42. The Morgan fingerprint density at radius 1 is 1.18 bits per heavy atom. The van der Waals surface area contributed by atoms with Crippen LogP contribution in [0.5, 0.6) is 0 Å². The fourth-order valence-electron chi connectivity index (χ4n) is 1.51. The van der Waals surface area contributed by atoms with Gasteiger partial charge >= 0.3 is 0 Å². The van der Waals surface area contributed by atoms with Crippen molar-refractivity contribution in [1.82, 2.24) is 0 Å². The zero-order valence-corrected chi connectivity index (χ0v) is 14.2. The van der Waals surface area contributed by atoms with E-state index in [1.807, 2.05) is 0 Å². The Bertz CT molecular complexity index is 291. The summed E-state index contributed by atoms with van der Waals surface area (Å²) in [5.74, 6) is 0.785. The summed E-state index contributed by atoms with van der Waals surface area (Å²) in [6, 6.07) is 0. The van der Waals surface area contributed by atoms with Crippen molar-refractivity contribution in [1.29, 1.82) is 0 Å². The smallest absolute Gasteiger partial charge is 0.0181 e. The third-order valence-electron chi connectivity index (χ3n) is 3.18. The summed E-state index contributed by atoms with van der Waals surface area (Å²) in [6.45, 7) is 11.2. The van der Waals surface area contributed by atoms with Gasteiger partial charge in [0.2, 0.25) is 0 Å². The molecular weight excluding hydrogens is 319 g/mol. The van der Waals surface area contributed by atoms with E-state index in [1.165, 1.54) is 30.4 Å². The standard InChI is InChI=1S/C16H27I/c1-13(2)16(5)10-9-14(3)7-6-8-15(4)11-12-17/h6,8,11,14H,7,9-10,12H2,1-5H3. The highest BCUT2D eigenvalue weighted by molar-refractivity contribution is 14.1. The minimum Gasteiger partial charge on any atom is -0.0840 e. The maximum Gasteiger partial charge on any atom is 0.0181 e. The highest BCUT2D eigenvalue weighted by Crippen LogP contribution is 2.17. The highest BCUT2D eigenvalue weighted by Gasteiger charge is 2.01. The second-order valence-electron chi connectivity index (χ2n) is 5.16. The molecule has 0 aromatic heterocycles. The Labute approximate surface area is 121 Å². The van der Waals surface area contributed by atoms with E-state index in [2.05, 4.69) is 75.4 Å². The van der Waals surface area contributed by atoms with Crippen molar-refractivity contribution < 1.29 is 0 Å². The fraction of sp³-hybridized carbons (Fsp3) is 0.625. The minimum absolute atomic E-state index is 0.785. The molecule has 98 valence electrons. The monoisotopic (exact) mass is 346 g/mol. The second kappa shape index (κ2) is 9.93. The summed E-state index contributed by atoms with van der Waals surface area (Å²) in [6.07, 6.45) is 10.6. The van der Waals surface area contributed by atoms with Crippen LogP contribution in [0.3, 0.4) is 0 Å². The summed E-state index contributed by atoms with van der Waals surface area (Å²) >= 11 is 2.38. The predicted molar refractivity (Wildman–Crippen MR) is 88.8 cm³/mol. The molecule has 0 aromatic carbocycles. The van der Waals surface area contributed by atoms with Gasteiger partial charge in [-0.3, -0.25) is 0 Å². The first-order chi connectivity index (χ1) is 7.97. The van der Waals surface area contributed by atoms with Crippen molar-refractivity contribution in [3.8, 4) is 0 Å². The van der Waals surface area contributed by atoms with E-state index in [0.29, 0.717) is 0 Å². The van der Waals surface area contributed by atoms with E-state index < -0.39 is 0 Å². The third-order valence-corrected chi connectivity index (χ3v) is 3.62. The van der Waals surface area contributed by atoms with Gasteiger partial charge in [0.05, 0.1) is 0 Å². The number of hydrogen-bond acceptors (Lipinski definition) is 0. The van der Waals surface area contributed by atoms with Gasteiger partial charge in [-0.25, -0.2) is 0 Å². The molecule has 1 atom stereocenters. The van der Waals surface area contributed by atoms with Gasteiger partial charge in [0, 0.05) is 4.43 Å². The maximum atomic E-state index is 2.38. The number of alkyl halides is 1. The summed E-state index contributed by atoms with van der Waals surface area (Å²) in [5, 5.41) is 0. The lowest BCUT2D eigenvalue weighted by atomic mass is 9.97. The van der Waals surface area contributed by atoms with Crippen LogP contribution in [0.2, 0.25) is 0 Å². The topological polar surface area (TPSA) is 0 Å². The van der Waals surface area contributed by atoms with E-state index in [4.69, 9.17) is 0 Å². The van der Waals surface area contributed by atoms with E-state index in [1.54, 1.807) is 5.57 Å². The van der Waals surface area contributed by atoms with Gasteiger partial charge < -0.3 is 0 Å². The van der Waals surface area contributed by atoms with Crippen LogP contribution in [0.4, 0.5) is 0 Å². The lowest BCUT2D eigenvalue weighted by molar-refractivity contribution is 0.538. The van der Waals surface area contributed by atoms with Crippen LogP contribution in [0, 0.1) is 5.92 Å². The molecule has 0 saturated heterocycles. The Hall–Kier alpha value is -0.0500. The van der Waals surface area contributed by atoms with Gasteiger partial charge in [-0.2, -0.15) is 0 Å². The first kappa shape index (κ1) is 16.9. The molecule has 0 rings (SSSR count). The molecule has 1 unspecified atom stereocenters. The molecule has 0 spiro atoms. The molecule has 0 aliphatic heterocycles. The first-order valence-electron chi connectivity index (χ1n) is 6.49. The SMILES string of the molecule is CC(C=CCC(C)CCC(C)=C(C)C)=CCI. The Balaban J connectivity index is 3.92. The Morgan fingerprint density at radius 2 is 1.82 bits per heavy atom. The maximum absolute atomic E-state index is 2.38. The lowest BCUT2D eigenvalue weighted by Gasteiger charge is -2.09. The normalized spacial score (nSPS) is 14.1. The van der Waals surface area contributed by atoms with Crippen molar-refractivity contribution >= 4 is 22.6 Å². The van der Waals surface area contributed by atoms with Crippen molar-refractivity contribution in [3.05, 3.63) is 34.9 Å². The predicted octanol–water partition coefficient (Wildman–Crippen LogP) is 6.09. The van der Waals surface area contributed by atoms with Crippen molar-refractivity contribution in [3.63, 3.8) is 0 Å². The quantitative estimate of drug-likeness (QED) is 0.227. The van der Waals surface area contributed by atoms with E-state index in [-0.39, 0.29) is 0 Å². The molecule has 0 heterocycles. The van der Waals surface area contributed by atoms with Gasteiger partial charge in [0.25, 0.3) is 0 Å². The largest absolute Gasteiger partial charge is 0.0840 e. The van der Waals surface area contributed by atoms with Crippen LogP contribution in [0.25, 0.3) is 0 Å². The summed E-state index contributed by atoms with van der Waals surface area (Å²) < 4.78 is 1.10. The van der Waals surface area contributed by atoms with Crippen LogP contribution in [-0.2, 0) is 0 Å². The third kappa shape index (κ3) is 9.63. The molecular formula is C16H27I. The molecule has 0 radical (unpaired) electrons. The average molecular weight is 346 g/mol. The van der Waals surface area contributed by atoms with Crippen LogP contribution < -0.4 is 0 Å². The molecule has 0 bridgehead atoms. The molecule has 0 nitrogen and oxygen atoms in total. The zero-order chi connectivity index (χ0) is 13.3. The number of rotatable bonds is 7. The number of allylic oxidation sites excluding steroid dienone is 6. The van der Waals surface area contributed by atoms with Gasteiger partial charge in [0.1, 0.15) is 0 Å². The van der Waals surface area contributed by atoms with Crippen molar-refractivity contribution in [2.45, 2.75) is 53.9 Å². The van der Waals surface area contributed by atoms with Crippen molar-refractivity contribution in [2.75, 3.05) is 4.43 Å². The Kier molecular flexibility index (Phi) is 9.90. The molecule has 1 heteroatoms. The van der Waals surface area contributed by atoms with Gasteiger partial charge in [-0.05, 0) is 52.9 Å². The van der Waals surface area contributed by atoms with Crippen LogP contribution in [0.15, 0.2) is 34.9 Å². The van der Waals surface area contributed by atoms with Gasteiger partial charge in [-0.1, -0.05) is 64.5 Å². The molecule has 0 aromatic rings. The molecule has 0 fully saturated rings. The number of hydrogen-bond donors (Lipinski definition) is 0. The number of halogens is 1. The van der Waals surface area contributed by atoms with Crippen LogP contribution in [-0.4, -0.2) is 4.43 Å². The zero-order valence-electron chi connectivity index (χ0n) is 12.0. The summed E-state index contributed by atoms with van der Waals surface area (Å²) in [7, 11) is 0. The Morgan fingerprint density at radius 3 is 2.35 bits per heavy atom. The molecule has 0 saturated carbocycles. The van der Waals surface area contributed by atoms with Crippen LogP contribution >= 0.6 is 22.6 Å². The molecule has 17 heavy (non-hydrogen) atoms. The first-order valence-corrected chi connectivity index (χ1v) is 8.02. The second-order valence-corrected chi connectivity index (χ2v) is 6.05. The molecule has 0 aliphatic rings. The van der Waals surface area contributed by atoms with E-state index in [9.17, 15) is 0 Å². The lowest BCUT2D eigenvalue weighted by Crippen LogP contribution is -1.94. The van der Waals surface area contributed by atoms with Gasteiger partial charge in [-0.15, -0.1) is 0 Å². The minimum atomic E-state index is 0.785. The molecule has 0 amide bonds. The fourth-order valence-corrected chi connectivity index (χ4v) is 2.20. The van der Waals surface area contributed by atoms with Crippen LogP contribution in [0.1, 0.15) is 53.9 Å². The molecule has 0 N–H and O–H groups in total. The average Bonchev–Trinajstić information content (AvgIpc) is 2.26. The molecule has 0 aliphatic carbocycles. The van der Waals surface area contributed by atoms with E-state index in [0.717, 1.165) is 10.3 Å². The van der Waals surface area contributed by atoms with Crippen molar-refractivity contribution in [2.24, 2.45) is 5.92 Å². The summed E-state index contributed by atoms with van der Waals surface area (Å²) in [4.78, 5) is 0. The van der Waals surface area contributed by atoms with E-state index >= 15 is 0 Å². The van der Waals surface area contributed by atoms with Gasteiger partial charge in [0.15, 0.2) is 0 Å². The highest BCUT2D eigenvalue weighted by atomic mass is 127.